The molecule has 1 radical (unpaired) electrons. The van der Waals surface area contributed by atoms with Gasteiger partial charge in [-0.2, -0.15) is 5.70 Å². The molecule has 0 bridgehead atoms. The summed E-state index contributed by atoms with van der Waals surface area (Å²) in [6, 6.07) is 0. The van der Waals surface area contributed by atoms with Crippen LogP contribution in [0, 0.1) is 16.7 Å². The standard InChI is InChI=1S/C21H36NSi.2ClH.Zr/c1-8-9-14-18-15(2)16(3)21(23,20(6,7)19(18,4)5)22-17-12-10-11-13-17;;;/h10-12,18H,8-9,13-14H2,1-7,23H3;2*1H;/q-1;;;+3/p-2. The summed E-state index contributed by atoms with van der Waals surface area (Å²) in [7, 11) is 1.07. The molecule has 0 aromatic rings. The van der Waals surface area contributed by atoms with E-state index in [1.54, 1.807) is 11.1 Å². The van der Waals surface area contributed by atoms with E-state index in [2.05, 4.69) is 66.7 Å². The first-order valence-electron chi connectivity index (χ1n) is 9.36. The van der Waals surface area contributed by atoms with Gasteiger partial charge in [-0.25, -0.2) is 0 Å². The predicted molar refractivity (Wildman–Crippen MR) is 107 cm³/mol. The van der Waals surface area contributed by atoms with Crippen molar-refractivity contribution in [3.63, 3.8) is 0 Å². The molecule has 0 fully saturated rings. The molecule has 26 heavy (non-hydrogen) atoms. The third-order valence-electron chi connectivity index (χ3n) is 7.51. The molecule has 0 saturated carbocycles. The number of hydrogen-bond acceptors (Lipinski definition) is 0. The molecular weight excluding hydrogens is 456 g/mol. The van der Waals surface area contributed by atoms with Gasteiger partial charge in [0.2, 0.25) is 0 Å². The van der Waals surface area contributed by atoms with Crippen LogP contribution >= 0.6 is 0 Å². The van der Waals surface area contributed by atoms with Crippen molar-refractivity contribution in [3.8, 4) is 0 Å². The van der Waals surface area contributed by atoms with Gasteiger partial charge in [0.15, 0.2) is 0 Å². The Bertz CT molecular complexity index is 566. The minimum absolute atomic E-state index is 0. The molecule has 5 heteroatoms. The summed E-state index contributed by atoms with van der Waals surface area (Å²) in [5.74, 6) is 0.686. The molecular formula is C21H36Cl2NSiZr. The van der Waals surface area contributed by atoms with E-state index in [-0.39, 0.29) is 67.0 Å². The zero-order valence-corrected chi connectivity index (χ0v) is 23.8. The van der Waals surface area contributed by atoms with Gasteiger partial charge in [-0.15, -0.1) is 0 Å². The molecule has 0 heterocycles. The molecule has 0 N–H and O–H groups in total. The van der Waals surface area contributed by atoms with Crippen LogP contribution in [0.5, 0.6) is 0 Å². The number of halogens is 2. The number of nitrogens with zero attached hydrogens (tertiary/aromatic N) is 1. The van der Waals surface area contributed by atoms with E-state index in [0.29, 0.717) is 5.92 Å². The topological polar surface area (TPSA) is 14.1 Å². The summed E-state index contributed by atoms with van der Waals surface area (Å²) in [6.07, 6.45) is 11.5. The van der Waals surface area contributed by atoms with Crippen molar-refractivity contribution in [1.82, 2.24) is 0 Å². The van der Waals surface area contributed by atoms with Crippen LogP contribution in [0.3, 0.4) is 0 Å². The van der Waals surface area contributed by atoms with Gasteiger partial charge in [0.05, 0.1) is 0 Å². The molecule has 0 amide bonds. The Kier molecular flexibility index (Phi) is 11.6. The van der Waals surface area contributed by atoms with Crippen LogP contribution in [-0.2, 0) is 26.2 Å². The van der Waals surface area contributed by atoms with Crippen LogP contribution in [0.4, 0.5) is 0 Å². The summed E-state index contributed by atoms with van der Waals surface area (Å²) in [5.41, 5.74) is 4.89. The molecule has 2 rings (SSSR count). The third-order valence-corrected chi connectivity index (χ3v) is 9.73. The fraction of sp³-hybridized carbons (Fsp3) is 0.714. The quantitative estimate of drug-likeness (QED) is 0.362. The summed E-state index contributed by atoms with van der Waals surface area (Å²) < 4.78 is 0. The maximum Gasteiger partial charge on any atom is 3.00 e. The second-order valence-electron chi connectivity index (χ2n) is 8.82. The van der Waals surface area contributed by atoms with E-state index in [9.17, 15) is 0 Å². The Morgan fingerprint density at radius 3 is 2.19 bits per heavy atom. The van der Waals surface area contributed by atoms with Gasteiger partial charge in [-0.3, -0.25) is 0 Å². The van der Waals surface area contributed by atoms with Crippen molar-refractivity contribution in [3.05, 3.63) is 40.4 Å². The third kappa shape index (κ3) is 4.64. The molecule has 0 spiro atoms. The van der Waals surface area contributed by atoms with E-state index in [1.807, 2.05) is 0 Å². The predicted octanol–water partition coefficient (Wildman–Crippen LogP) is -0.520. The van der Waals surface area contributed by atoms with Crippen LogP contribution in [0.25, 0.3) is 5.32 Å². The zero-order valence-electron chi connectivity index (χ0n) is 17.8. The Balaban J connectivity index is 0. The minimum atomic E-state index is 0. The maximum atomic E-state index is 5.36. The first-order chi connectivity index (χ1) is 10.6. The van der Waals surface area contributed by atoms with Crippen LogP contribution in [-0.4, -0.2) is 15.4 Å². The normalized spacial score (nSPS) is 28.6. The molecule has 2 unspecified atom stereocenters. The second-order valence-corrected chi connectivity index (χ2v) is 10.3. The average molecular weight is 493 g/mol. The Morgan fingerprint density at radius 2 is 1.73 bits per heavy atom. The summed E-state index contributed by atoms with van der Waals surface area (Å²) in [4.78, 5) is 0. The molecule has 0 saturated heterocycles. The first-order valence-corrected chi connectivity index (χ1v) is 10.4. The SMILES string of the molecule is CCCCC1C(C)=C(C)C([SiH3])([N-]C2=CC=CC2)C(C)(C)C1(C)C.[Cl-].[Cl-].[Zr+3]. The van der Waals surface area contributed by atoms with Crippen LogP contribution in [0.1, 0.15) is 74.1 Å². The largest absolute Gasteiger partial charge is 3.00 e. The van der Waals surface area contributed by atoms with Crippen molar-refractivity contribution in [1.29, 1.82) is 0 Å². The van der Waals surface area contributed by atoms with Crippen LogP contribution in [0.2, 0.25) is 0 Å². The molecule has 2 aliphatic carbocycles. The molecule has 2 aliphatic rings. The van der Waals surface area contributed by atoms with Gasteiger partial charge in [-0.05, 0) is 53.7 Å². The second kappa shape index (κ2) is 10.5. The van der Waals surface area contributed by atoms with Gasteiger partial charge in [0, 0.05) is 0 Å². The van der Waals surface area contributed by atoms with E-state index in [0.717, 1.165) is 16.7 Å². The number of allylic oxidation sites excluding steroid dienone is 4. The Labute approximate surface area is 196 Å². The monoisotopic (exact) mass is 490 g/mol. The van der Waals surface area contributed by atoms with Crippen molar-refractivity contribution in [2.75, 3.05) is 0 Å². The van der Waals surface area contributed by atoms with Gasteiger partial charge in [-0.1, -0.05) is 82.0 Å². The summed E-state index contributed by atoms with van der Waals surface area (Å²) in [6.45, 7) is 17.0. The summed E-state index contributed by atoms with van der Waals surface area (Å²) in [5, 5.41) is 5.38. The van der Waals surface area contributed by atoms with Crippen molar-refractivity contribution < 1.29 is 51.0 Å². The van der Waals surface area contributed by atoms with Crippen molar-refractivity contribution >= 4 is 10.2 Å². The van der Waals surface area contributed by atoms with Gasteiger partial charge >= 0.3 is 26.2 Å². The number of rotatable bonds is 5. The molecule has 147 valence electrons. The first kappa shape index (κ1) is 28.9. The van der Waals surface area contributed by atoms with E-state index < -0.39 is 0 Å². The molecule has 2 atom stereocenters. The Morgan fingerprint density at radius 1 is 1.15 bits per heavy atom. The van der Waals surface area contributed by atoms with Crippen LogP contribution < -0.4 is 24.8 Å². The maximum absolute atomic E-state index is 5.36. The van der Waals surface area contributed by atoms with Crippen molar-refractivity contribution in [2.45, 2.75) is 79.3 Å². The fourth-order valence-corrected chi connectivity index (χ4v) is 6.06. The van der Waals surface area contributed by atoms with Gasteiger partial charge < -0.3 is 30.1 Å². The van der Waals surface area contributed by atoms with Crippen LogP contribution in [0.15, 0.2) is 35.1 Å². The number of hydrogen-bond donors (Lipinski definition) is 0. The smallest absolute Gasteiger partial charge is 1.00 e. The molecule has 1 nitrogen and oxygen atoms in total. The van der Waals surface area contributed by atoms with Gasteiger partial charge in [0.1, 0.15) is 0 Å². The molecule has 0 aliphatic heterocycles. The van der Waals surface area contributed by atoms with E-state index in [4.69, 9.17) is 5.32 Å². The zero-order chi connectivity index (χ0) is 17.5. The Hall–Kier alpha value is 0.700. The number of unbranched alkanes of at least 4 members (excludes halogenated alkanes) is 1. The summed E-state index contributed by atoms with van der Waals surface area (Å²) >= 11 is 0. The minimum Gasteiger partial charge on any atom is -1.00 e. The van der Waals surface area contributed by atoms with Gasteiger partial charge in [0.25, 0.3) is 0 Å². The fourth-order valence-electron chi connectivity index (χ4n) is 4.73. The van der Waals surface area contributed by atoms with Crippen molar-refractivity contribution in [2.24, 2.45) is 16.7 Å². The molecule has 0 aromatic carbocycles. The average Bonchev–Trinajstić information content (AvgIpc) is 2.97. The molecule has 0 aromatic heterocycles. The van der Waals surface area contributed by atoms with E-state index >= 15 is 0 Å². The van der Waals surface area contributed by atoms with E-state index in [1.165, 1.54) is 25.0 Å².